The van der Waals surface area contributed by atoms with Crippen LogP contribution in [0.25, 0.3) is 0 Å². The first-order chi connectivity index (χ1) is 9.86. The molecule has 1 saturated heterocycles. The van der Waals surface area contributed by atoms with Gasteiger partial charge in [-0.25, -0.2) is 0 Å². The van der Waals surface area contributed by atoms with Gasteiger partial charge in [-0.1, -0.05) is 38.7 Å². The molecule has 1 heterocycles. The standard InChI is InChI=1S/C19H33N/c1-2-5-16-6-8-17(9-7-16)18-10-12-19(13-11-18)20-14-3-4-15-20/h12,16-18H,2-11,13-15H2,1H3. The van der Waals surface area contributed by atoms with Crippen molar-refractivity contribution in [2.45, 2.75) is 77.6 Å². The smallest absolute Gasteiger partial charge is 0.0175 e. The molecule has 114 valence electrons. The summed E-state index contributed by atoms with van der Waals surface area (Å²) in [6.07, 6.45) is 18.7. The summed E-state index contributed by atoms with van der Waals surface area (Å²) in [5.41, 5.74) is 1.69. The Bertz CT molecular complexity index is 319. The van der Waals surface area contributed by atoms with Crippen molar-refractivity contribution in [1.29, 1.82) is 0 Å². The molecule has 3 rings (SSSR count). The molecule has 1 aliphatic heterocycles. The maximum absolute atomic E-state index is 2.66. The molecular weight excluding hydrogens is 242 g/mol. The molecule has 1 heteroatoms. The Balaban J connectivity index is 1.46. The molecule has 0 amide bonds. The van der Waals surface area contributed by atoms with Gasteiger partial charge >= 0.3 is 0 Å². The highest BCUT2D eigenvalue weighted by molar-refractivity contribution is 5.07. The van der Waals surface area contributed by atoms with E-state index in [4.69, 9.17) is 0 Å². The topological polar surface area (TPSA) is 3.24 Å². The Morgan fingerprint density at radius 3 is 2.35 bits per heavy atom. The summed E-state index contributed by atoms with van der Waals surface area (Å²) in [4.78, 5) is 2.66. The number of allylic oxidation sites excluding steroid dienone is 2. The van der Waals surface area contributed by atoms with E-state index in [1.165, 1.54) is 83.7 Å². The molecule has 2 aliphatic carbocycles. The average Bonchev–Trinajstić information content (AvgIpc) is 3.03. The first-order valence-electron chi connectivity index (χ1n) is 9.30. The Labute approximate surface area is 125 Å². The van der Waals surface area contributed by atoms with Crippen molar-refractivity contribution >= 4 is 0 Å². The maximum atomic E-state index is 2.66. The molecule has 3 aliphatic rings. The molecule has 1 nitrogen and oxygen atoms in total. The Hall–Kier alpha value is -0.460. The van der Waals surface area contributed by atoms with Crippen LogP contribution in [0.1, 0.15) is 77.6 Å². The van der Waals surface area contributed by atoms with Crippen molar-refractivity contribution in [3.05, 3.63) is 11.8 Å². The average molecular weight is 275 g/mol. The van der Waals surface area contributed by atoms with Crippen LogP contribution in [0.3, 0.4) is 0 Å². The monoisotopic (exact) mass is 275 g/mol. The first kappa shape index (κ1) is 14.5. The molecule has 0 aromatic carbocycles. The molecular formula is C19H33N. The summed E-state index contributed by atoms with van der Waals surface area (Å²) in [5.74, 6) is 3.14. The lowest BCUT2D eigenvalue weighted by Gasteiger charge is -2.36. The number of likely N-dealkylation sites (tertiary alicyclic amines) is 1. The normalized spacial score (nSPS) is 35.1. The van der Waals surface area contributed by atoms with Crippen LogP contribution in [0.5, 0.6) is 0 Å². The zero-order valence-corrected chi connectivity index (χ0v) is 13.4. The maximum Gasteiger partial charge on any atom is 0.0175 e. The second kappa shape index (κ2) is 7.00. The zero-order valence-electron chi connectivity index (χ0n) is 13.4. The van der Waals surface area contributed by atoms with E-state index in [0.717, 1.165) is 17.8 Å². The van der Waals surface area contributed by atoms with Gasteiger partial charge in [-0.3, -0.25) is 0 Å². The molecule has 0 N–H and O–H groups in total. The first-order valence-corrected chi connectivity index (χ1v) is 9.30. The molecule has 20 heavy (non-hydrogen) atoms. The van der Waals surface area contributed by atoms with Crippen molar-refractivity contribution in [3.8, 4) is 0 Å². The predicted octanol–water partition coefficient (Wildman–Crippen LogP) is 5.37. The van der Waals surface area contributed by atoms with Gasteiger partial charge in [0.2, 0.25) is 0 Å². The molecule has 0 bridgehead atoms. The highest BCUT2D eigenvalue weighted by Crippen LogP contribution is 2.41. The van der Waals surface area contributed by atoms with E-state index >= 15 is 0 Å². The van der Waals surface area contributed by atoms with Gasteiger partial charge in [-0.05, 0) is 62.7 Å². The molecule has 0 aromatic rings. The van der Waals surface area contributed by atoms with Gasteiger partial charge in [0.05, 0.1) is 0 Å². The summed E-state index contributed by atoms with van der Waals surface area (Å²) >= 11 is 0. The highest BCUT2D eigenvalue weighted by Gasteiger charge is 2.29. The van der Waals surface area contributed by atoms with Crippen molar-refractivity contribution < 1.29 is 0 Å². The van der Waals surface area contributed by atoms with Crippen molar-refractivity contribution in [1.82, 2.24) is 4.90 Å². The molecule has 0 radical (unpaired) electrons. The second-order valence-corrected chi connectivity index (χ2v) is 7.49. The van der Waals surface area contributed by atoms with Gasteiger partial charge in [-0.2, -0.15) is 0 Å². The second-order valence-electron chi connectivity index (χ2n) is 7.49. The fourth-order valence-electron chi connectivity index (χ4n) is 4.92. The molecule has 0 aromatic heterocycles. The fraction of sp³-hybridized carbons (Fsp3) is 0.895. The number of nitrogens with zero attached hydrogens (tertiary/aromatic N) is 1. The minimum absolute atomic E-state index is 1.02. The van der Waals surface area contributed by atoms with E-state index < -0.39 is 0 Å². The van der Waals surface area contributed by atoms with Crippen LogP contribution < -0.4 is 0 Å². The van der Waals surface area contributed by atoms with Crippen LogP contribution in [0.2, 0.25) is 0 Å². The zero-order chi connectivity index (χ0) is 13.8. The van der Waals surface area contributed by atoms with Crippen LogP contribution in [-0.2, 0) is 0 Å². The van der Waals surface area contributed by atoms with Gasteiger partial charge in [-0.15, -0.1) is 0 Å². The van der Waals surface area contributed by atoms with Crippen molar-refractivity contribution in [2.75, 3.05) is 13.1 Å². The molecule has 1 saturated carbocycles. The third-order valence-electron chi connectivity index (χ3n) is 6.19. The van der Waals surface area contributed by atoms with Crippen LogP contribution in [0.4, 0.5) is 0 Å². The largest absolute Gasteiger partial charge is 0.375 e. The van der Waals surface area contributed by atoms with E-state index in [1.807, 2.05) is 0 Å². The van der Waals surface area contributed by atoms with E-state index in [0.29, 0.717) is 0 Å². The summed E-state index contributed by atoms with van der Waals surface area (Å²) in [5, 5.41) is 0. The third kappa shape index (κ3) is 3.40. The molecule has 1 unspecified atom stereocenters. The number of hydrogen-bond donors (Lipinski definition) is 0. The third-order valence-corrected chi connectivity index (χ3v) is 6.19. The van der Waals surface area contributed by atoms with Gasteiger partial charge < -0.3 is 4.90 Å². The molecule has 1 atom stereocenters. The van der Waals surface area contributed by atoms with E-state index in [2.05, 4.69) is 17.9 Å². The SMILES string of the molecule is CCCC1CCC(C2CC=C(N3CCCC3)CC2)CC1. The summed E-state index contributed by atoms with van der Waals surface area (Å²) in [6.45, 7) is 5.01. The highest BCUT2D eigenvalue weighted by atomic mass is 15.1. The number of hydrogen-bond acceptors (Lipinski definition) is 1. The summed E-state index contributed by atoms with van der Waals surface area (Å²) < 4.78 is 0. The molecule has 2 fully saturated rings. The summed E-state index contributed by atoms with van der Waals surface area (Å²) in [6, 6.07) is 0. The summed E-state index contributed by atoms with van der Waals surface area (Å²) in [7, 11) is 0. The van der Waals surface area contributed by atoms with Crippen LogP contribution in [0.15, 0.2) is 11.8 Å². The molecule has 0 spiro atoms. The number of rotatable bonds is 4. The fourth-order valence-corrected chi connectivity index (χ4v) is 4.92. The predicted molar refractivity (Wildman–Crippen MR) is 86.6 cm³/mol. The van der Waals surface area contributed by atoms with Crippen molar-refractivity contribution in [3.63, 3.8) is 0 Å². The van der Waals surface area contributed by atoms with Crippen LogP contribution in [0, 0.1) is 17.8 Å². The lowest BCUT2D eigenvalue weighted by atomic mass is 9.71. The minimum atomic E-state index is 1.02. The lowest BCUT2D eigenvalue weighted by molar-refractivity contribution is 0.182. The van der Waals surface area contributed by atoms with Gasteiger partial charge in [0, 0.05) is 18.8 Å². The van der Waals surface area contributed by atoms with Gasteiger partial charge in [0.1, 0.15) is 0 Å². The van der Waals surface area contributed by atoms with E-state index in [9.17, 15) is 0 Å². The van der Waals surface area contributed by atoms with Gasteiger partial charge in [0.15, 0.2) is 0 Å². The Kier molecular flexibility index (Phi) is 5.07. The van der Waals surface area contributed by atoms with Crippen LogP contribution in [-0.4, -0.2) is 18.0 Å². The van der Waals surface area contributed by atoms with Crippen molar-refractivity contribution in [2.24, 2.45) is 17.8 Å². The quantitative estimate of drug-likeness (QED) is 0.666. The van der Waals surface area contributed by atoms with Crippen LogP contribution >= 0.6 is 0 Å². The van der Waals surface area contributed by atoms with Gasteiger partial charge in [0.25, 0.3) is 0 Å². The minimum Gasteiger partial charge on any atom is -0.375 e. The Morgan fingerprint density at radius 1 is 1.00 bits per heavy atom. The lowest BCUT2D eigenvalue weighted by Crippen LogP contribution is -2.26. The Morgan fingerprint density at radius 2 is 1.75 bits per heavy atom. The van der Waals surface area contributed by atoms with E-state index in [-0.39, 0.29) is 0 Å². The van der Waals surface area contributed by atoms with E-state index in [1.54, 1.807) is 5.70 Å².